The number of amides is 1. The van der Waals surface area contributed by atoms with E-state index in [2.05, 4.69) is 14.1 Å². The molecule has 4 aromatic rings. The van der Waals surface area contributed by atoms with Gasteiger partial charge >= 0.3 is 0 Å². The van der Waals surface area contributed by atoms with Gasteiger partial charge in [0.1, 0.15) is 10.6 Å². The minimum absolute atomic E-state index is 0.0916. The van der Waals surface area contributed by atoms with Crippen LogP contribution in [-0.2, 0) is 15.4 Å². The van der Waals surface area contributed by atoms with Crippen LogP contribution in [0.25, 0.3) is 22.2 Å². The van der Waals surface area contributed by atoms with Crippen LogP contribution in [0.3, 0.4) is 0 Å². The number of nitrogens with two attached hydrogens (primary N) is 1. The maximum absolute atomic E-state index is 13.1. The van der Waals surface area contributed by atoms with Gasteiger partial charge in [0.2, 0.25) is 0 Å². The second kappa shape index (κ2) is 8.69. The van der Waals surface area contributed by atoms with Crippen LogP contribution in [0.5, 0.6) is 5.75 Å². The highest BCUT2D eigenvalue weighted by Gasteiger charge is 2.26. The van der Waals surface area contributed by atoms with Gasteiger partial charge < -0.3 is 10.5 Å². The van der Waals surface area contributed by atoms with Gasteiger partial charge in [-0.2, -0.15) is 9.36 Å². The Balaban J connectivity index is 1.68. The molecule has 0 aliphatic heterocycles. The SMILES string of the molecule is COc1ccc(C(C)(C)C)cc1S(=O)(=O)NC(=O)c1ccc2c(-c3nsc(N)n3)cccc2c1. The van der Waals surface area contributed by atoms with E-state index in [1.54, 1.807) is 24.3 Å². The first kappa shape index (κ1) is 23.7. The minimum Gasteiger partial charge on any atom is -0.495 e. The summed E-state index contributed by atoms with van der Waals surface area (Å²) in [5, 5.41) is 1.92. The molecule has 3 N–H and O–H groups in total. The second-order valence-corrected chi connectivity index (χ2v) is 11.2. The second-order valence-electron chi connectivity index (χ2n) is 8.75. The zero-order chi connectivity index (χ0) is 24.7. The number of rotatable bonds is 5. The molecule has 4 rings (SSSR count). The molecular formula is C24H24N4O4S2. The Bertz CT molecular complexity index is 1510. The first-order valence-electron chi connectivity index (χ1n) is 10.4. The summed E-state index contributed by atoms with van der Waals surface area (Å²) in [6, 6.07) is 15.4. The van der Waals surface area contributed by atoms with Crippen molar-refractivity contribution in [2.24, 2.45) is 0 Å². The van der Waals surface area contributed by atoms with Crippen LogP contribution in [0, 0.1) is 0 Å². The molecule has 0 aliphatic carbocycles. The van der Waals surface area contributed by atoms with Crippen molar-refractivity contribution in [3.63, 3.8) is 0 Å². The van der Waals surface area contributed by atoms with E-state index in [0.717, 1.165) is 33.4 Å². The Kier molecular flexibility index (Phi) is 6.05. The van der Waals surface area contributed by atoms with Gasteiger partial charge in [0.25, 0.3) is 15.9 Å². The van der Waals surface area contributed by atoms with Crippen molar-refractivity contribution in [2.75, 3.05) is 12.8 Å². The zero-order valence-electron chi connectivity index (χ0n) is 19.1. The molecule has 1 amide bonds. The number of fused-ring (bicyclic) bond motifs is 1. The Hall–Kier alpha value is -3.50. The highest BCUT2D eigenvalue weighted by Crippen LogP contribution is 2.32. The van der Waals surface area contributed by atoms with E-state index in [0.29, 0.717) is 11.0 Å². The third-order valence-electron chi connectivity index (χ3n) is 5.37. The van der Waals surface area contributed by atoms with Crippen molar-refractivity contribution >= 4 is 43.4 Å². The number of anilines is 1. The lowest BCUT2D eigenvalue weighted by Gasteiger charge is -2.21. The van der Waals surface area contributed by atoms with E-state index < -0.39 is 15.9 Å². The molecule has 0 saturated carbocycles. The van der Waals surface area contributed by atoms with Crippen molar-refractivity contribution < 1.29 is 17.9 Å². The standard InChI is InChI=1S/C24H24N4O4S2/c1-24(2,3)16-9-11-19(32-4)20(13-16)34(30,31)28-22(29)15-8-10-17-14(12-15)6-5-7-18(17)21-26-23(25)33-27-21/h5-13H,1-4H3,(H,28,29)(H2,25,26,27). The van der Waals surface area contributed by atoms with Crippen molar-refractivity contribution in [3.05, 3.63) is 65.7 Å². The molecule has 8 nitrogen and oxygen atoms in total. The fourth-order valence-corrected chi connectivity index (χ4v) is 5.17. The summed E-state index contributed by atoms with van der Waals surface area (Å²) < 4.78 is 38.0. The first-order chi connectivity index (χ1) is 16.0. The van der Waals surface area contributed by atoms with Gasteiger partial charge in [-0.3, -0.25) is 4.79 Å². The number of nitrogens with zero attached hydrogens (tertiary/aromatic N) is 2. The maximum atomic E-state index is 13.1. The predicted octanol–water partition coefficient (Wildman–Crippen LogP) is 4.37. The number of carbonyl (C=O) groups excluding carboxylic acids is 1. The maximum Gasteiger partial charge on any atom is 0.268 e. The summed E-state index contributed by atoms with van der Waals surface area (Å²) in [5.74, 6) is -0.0864. The number of nitrogen functional groups attached to an aromatic ring is 1. The molecule has 0 aliphatic rings. The summed E-state index contributed by atoms with van der Waals surface area (Å²) in [4.78, 5) is 17.1. The predicted molar refractivity (Wildman–Crippen MR) is 134 cm³/mol. The summed E-state index contributed by atoms with van der Waals surface area (Å²) >= 11 is 1.10. The molecular weight excluding hydrogens is 472 g/mol. The van der Waals surface area contributed by atoms with E-state index in [1.807, 2.05) is 45.0 Å². The quantitative estimate of drug-likeness (QED) is 0.420. The molecule has 0 spiro atoms. The third kappa shape index (κ3) is 4.59. The molecule has 0 fully saturated rings. The van der Waals surface area contributed by atoms with Crippen LogP contribution in [0.15, 0.2) is 59.5 Å². The molecule has 176 valence electrons. The van der Waals surface area contributed by atoms with E-state index in [-0.39, 0.29) is 21.6 Å². The topological polar surface area (TPSA) is 124 Å². The smallest absolute Gasteiger partial charge is 0.268 e. The molecule has 34 heavy (non-hydrogen) atoms. The third-order valence-corrected chi connectivity index (χ3v) is 7.27. The van der Waals surface area contributed by atoms with Crippen molar-refractivity contribution in [1.82, 2.24) is 14.1 Å². The number of ether oxygens (including phenoxy) is 1. The lowest BCUT2D eigenvalue weighted by molar-refractivity contribution is 0.0981. The van der Waals surface area contributed by atoms with Gasteiger partial charge in [-0.1, -0.05) is 51.1 Å². The van der Waals surface area contributed by atoms with Crippen LogP contribution in [0.1, 0.15) is 36.7 Å². The van der Waals surface area contributed by atoms with E-state index in [9.17, 15) is 13.2 Å². The molecule has 1 aromatic heterocycles. The monoisotopic (exact) mass is 496 g/mol. The molecule has 0 radical (unpaired) electrons. The molecule has 0 unspecified atom stereocenters. The normalized spacial score (nSPS) is 12.0. The Labute approximate surface area is 202 Å². The zero-order valence-corrected chi connectivity index (χ0v) is 20.8. The molecule has 0 bridgehead atoms. The Morgan fingerprint density at radius 3 is 2.50 bits per heavy atom. The van der Waals surface area contributed by atoms with E-state index >= 15 is 0 Å². The summed E-state index contributed by atoms with van der Waals surface area (Å²) in [5.41, 5.74) is 7.20. The van der Waals surface area contributed by atoms with Crippen LogP contribution in [-0.4, -0.2) is 30.8 Å². The van der Waals surface area contributed by atoms with Crippen molar-refractivity contribution in [3.8, 4) is 17.1 Å². The van der Waals surface area contributed by atoms with Crippen LogP contribution >= 0.6 is 11.5 Å². The minimum atomic E-state index is -4.19. The number of methoxy groups -OCH3 is 1. The van der Waals surface area contributed by atoms with Gasteiger partial charge in [-0.25, -0.2) is 13.1 Å². The number of aromatic nitrogens is 2. The molecule has 0 saturated heterocycles. The van der Waals surface area contributed by atoms with Crippen LogP contribution in [0.2, 0.25) is 0 Å². The Morgan fingerprint density at radius 1 is 1.09 bits per heavy atom. The number of hydrogen-bond acceptors (Lipinski definition) is 8. The Morgan fingerprint density at radius 2 is 1.85 bits per heavy atom. The van der Waals surface area contributed by atoms with E-state index in [1.165, 1.54) is 13.2 Å². The summed E-state index contributed by atoms with van der Waals surface area (Å²) in [6.45, 7) is 5.92. The summed E-state index contributed by atoms with van der Waals surface area (Å²) in [6.07, 6.45) is 0. The highest BCUT2D eigenvalue weighted by molar-refractivity contribution is 7.90. The fraction of sp³-hybridized carbons (Fsp3) is 0.208. The lowest BCUT2D eigenvalue weighted by atomic mass is 9.87. The van der Waals surface area contributed by atoms with Gasteiger partial charge in [0, 0.05) is 22.7 Å². The lowest BCUT2D eigenvalue weighted by Crippen LogP contribution is -2.31. The van der Waals surface area contributed by atoms with Crippen LogP contribution in [0.4, 0.5) is 5.13 Å². The van der Waals surface area contributed by atoms with Crippen LogP contribution < -0.4 is 15.2 Å². The summed E-state index contributed by atoms with van der Waals surface area (Å²) in [7, 11) is -2.80. The number of nitrogens with one attached hydrogen (secondary N) is 1. The average molecular weight is 497 g/mol. The van der Waals surface area contributed by atoms with Gasteiger partial charge in [0.15, 0.2) is 11.0 Å². The first-order valence-corrected chi connectivity index (χ1v) is 12.6. The molecule has 10 heteroatoms. The van der Waals surface area contributed by atoms with Gasteiger partial charge in [-0.05, 0) is 46.0 Å². The average Bonchev–Trinajstić information content (AvgIpc) is 3.23. The highest BCUT2D eigenvalue weighted by atomic mass is 32.2. The number of carbonyl (C=O) groups is 1. The number of benzene rings is 3. The van der Waals surface area contributed by atoms with E-state index in [4.69, 9.17) is 10.5 Å². The molecule has 0 atom stereocenters. The van der Waals surface area contributed by atoms with Crippen molar-refractivity contribution in [2.45, 2.75) is 31.1 Å². The van der Waals surface area contributed by atoms with Gasteiger partial charge in [0.05, 0.1) is 7.11 Å². The van der Waals surface area contributed by atoms with Gasteiger partial charge in [-0.15, -0.1) is 0 Å². The van der Waals surface area contributed by atoms with Crippen molar-refractivity contribution in [1.29, 1.82) is 0 Å². The number of hydrogen-bond donors (Lipinski definition) is 2. The molecule has 3 aromatic carbocycles. The largest absolute Gasteiger partial charge is 0.495 e. The number of sulfonamides is 1. The molecule has 1 heterocycles. The fourth-order valence-electron chi connectivity index (χ4n) is 3.55.